The lowest BCUT2D eigenvalue weighted by Gasteiger charge is -2.12. The van der Waals surface area contributed by atoms with Crippen molar-refractivity contribution in [2.24, 2.45) is 11.7 Å². The Labute approximate surface area is 106 Å². The van der Waals surface area contributed by atoms with Gasteiger partial charge in [-0.15, -0.1) is 0 Å². The molecule has 2 rings (SSSR count). The maximum absolute atomic E-state index is 6.04. The largest absolute Gasteiger partial charge is 0.338 e. The van der Waals surface area contributed by atoms with Crippen molar-refractivity contribution in [3.8, 4) is 0 Å². The number of hydrogen-bond acceptors (Lipinski definition) is 5. The standard InChI is InChI=1S/C13H18N4O/c1-3-9(2)12(14)13-16-11(17-18-13)8-10-6-4-5-7-15-10/h4-7,9,12H,3,8,14H2,1-2H3/t9-,12-/m0/s1. The van der Waals surface area contributed by atoms with Crippen LogP contribution in [0.3, 0.4) is 0 Å². The summed E-state index contributed by atoms with van der Waals surface area (Å²) in [6, 6.07) is 5.56. The van der Waals surface area contributed by atoms with Crippen molar-refractivity contribution in [1.82, 2.24) is 15.1 Å². The summed E-state index contributed by atoms with van der Waals surface area (Å²) in [5.41, 5.74) is 6.96. The van der Waals surface area contributed by atoms with Crippen LogP contribution in [0, 0.1) is 5.92 Å². The molecule has 0 aliphatic carbocycles. The fraction of sp³-hybridized carbons (Fsp3) is 0.462. The fourth-order valence-electron chi connectivity index (χ4n) is 1.64. The van der Waals surface area contributed by atoms with Crippen LogP contribution in [0.25, 0.3) is 0 Å². The molecular weight excluding hydrogens is 228 g/mol. The Balaban J connectivity index is 2.07. The fourth-order valence-corrected chi connectivity index (χ4v) is 1.64. The summed E-state index contributed by atoms with van der Waals surface area (Å²) in [7, 11) is 0. The SMILES string of the molecule is CC[C@H](C)[C@H](N)c1nc(Cc2ccccn2)no1. The van der Waals surface area contributed by atoms with Crippen LogP contribution in [0.5, 0.6) is 0 Å². The summed E-state index contributed by atoms with van der Waals surface area (Å²) in [4.78, 5) is 8.56. The van der Waals surface area contributed by atoms with Gasteiger partial charge in [0.25, 0.3) is 0 Å². The molecule has 5 nitrogen and oxygen atoms in total. The van der Waals surface area contributed by atoms with Gasteiger partial charge in [-0.2, -0.15) is 4.98 Å². The van der Waals surface area contributed by atoms with Gasteiger partial charge in [0.2, 0.25) is 5.89 Å². The van der Waals surface area contributed by atoms with Gasteiger partial charge in [0, 0.05) is 11.9 Å². The van der Waals surface area contributed by atoms with Gasteiger partial charge in [0.1, 0.15) is 0 Å². The average Bonchev–Trinajstić information content (AvgIpc) is 2.86. The molecule has 0 fully saturated rings. The third kappa shape index (κ3) is 2.92. The van der Waals surface area contributed by atoms with E-state index < -0.39 is 0 Å². The lowest BCUT2D eigenvalue weighted by Crippen LogP contribution is -2.18. The highest BCUT2D eigenvalue weighted by molar-refractivity contribution is 5.09. The van der Waals surface area contributed by atoms with Gasteiger partial charge >= 0.3 is 0 Å². The predicted molar refractivity (Wildman–Crippen MR) is 67.7 cm³/mol. The first-order valence-corrected chi connectivity index (χ1v) is 6.18. The van der Waals surface area contributed by atoms with Crippen molar-refractivity contribution in [3.05, 3.63) is 41.8 Å². The van der Waals surface area contributed by atoms with Crippen LogP contribution in [0.15, 0.2) is 28.9 Å². The quantitative estimate of drug-likeness (QED) is 0.874. The molecule has 96 valence electrons. The van der Waals surface area contributed by atoms with Crippen LogP contribution in [-0.4, -0.2) is 15.1 Å². The minimum absolute atomic E-state index is 0.194. The molecular formula is C13H18N4O. The molecule has 5 heteroatoms. The van der Waals surface area contributed by atoms with Gasteiger partial charge in [0.05, 0.1) is 12.5 Å². The molecule has 0 spiro atoms. The number of hydrogen-bond donors (Lipinski definition) is 1. The zero-order valence-corrected chi connectivity index (χ0v) is 10.7. The second kappa shape index (κ2) is 5.73. The van der Waals surface area contributed by atoms with E-state index in [1.54, 1.807) is 6.20 Å². The minimum Gasteiger partial charge on any atom is -0.338 e. The van der Waals surface area contributed by atoms with E-state index in [-0.39, 0.29) is 6.04 Å². The van der Waals surface area contributed by atoms with Crippen molar-refractivity contribution in [2.45, 2.75) is 32.7 Å². The van der Waals surface area contributed by atoms with E-state index in [0.717, 1.165) is 12.1 Å². The molecule has 0 aliphatic rings. The maximum atomic E-state index is 6.04. The second-order valence-corrected chi connectivity index (χ2v) is 4.46. The molecule has 0 amide bonds. The van der Waals surface area contributed by atoms with Crippen molar-refractivity contribution >= 4 is 0 Å². The molecule has 0 saturated carbocycles. The first-order valence-electron chi connectivity index (χ1n) is 6.18. The van der Waals surface area contributed by atoms with Crippen molar-refractivity contribution in [2.75, 3.05) is 0 Å². The second-order valence-electron chi connectivity index (χ2n) is 4.46. The molecule has 18 heavy (non-hydrogen) atoms. The first kappa shape index (κ1) is 12.7. The van der Waals surface area contributed by atoms with E-state index in [1.165, 1.54) is 0 Å². The Morgan fingerprint density at radius 2 is 2.22 bits per heavy atom. The van der Waals surface area contributed by atoms with Crippen LogP contribution >= 0.6 is 0 Å². The molecule has 2 aromatic heterocycles. The number of nitrogens with zero attached hydrogens (tertiary/aromatic N) is 3. The third-order valence-electron chi connectivity index (χ3n) is 3.09. The van der Waals surface area contributed by atoms with Gasteiger partial charge in [-0.25, -0.2) is 0 Å². The number of rotatable bonds is 5. The van der Waals surface area contributed by atoms with E-state index in [4.69, 9.17) is 10.3 Å². The molecule has 2 aromatic rings. The highest BCUT2D eigenvalue weighted by Crippen LogP contribution is 2.20. The average molecular weight is 246 g/mol. The summed E-state index contributed by atoms with van der Waals surface area (Å²) in [5, 5.41) is 3.94. The van der Waals surface area contributed by atoms with E-state index in [0.29, 0.717) is 24.1 Å². The molecule has 2 atom stereocenters. The number of pyridine rings is 1. The van der Waals surface area contributed by atoms with Crippen LogP contribution in [0.2, 0.25) is 0 Å². The summed E-state index contributed by atoms with van der Waals surface area (Å²) < 4.78 is 5.21. The Kier molecular flexibility index (Phi) is 4.04. The molecule has 0 aliphatic heterocycles. The zero-order valence-electron chi connectivity index (χ0n) is 10.7. The Morgan fingerprint density at radius 3 is 2.89 bits per heavy atom. The molecule has 0 bridgehead atoms. The lowest BCUT2D eigenvalue weighted by atomic mass is 10.0. The summed E-state index contributed by atoms with van der Waals surface area (Å²) in [6.45, 7) is 4.17. The van der Waals surface area contributed by atoms with Gasteiger partial charge < -0.3 is 10.3 Å². The maximum Gasteiger partial charge on any atom is 0.243 e. The molecule has 0 aromatic carbocycles. The van der Waals surface area contributed by atoms with Gasteiger partial charge in [-0.05, 0) is 18.1 Å². The Bertz CT molecular complexity index is 483. The summed E-state index contributed by atoms with van der Waals surface area (Å²) in [5.74, 6) is 1.46. The van der Waals surface area contributed by atoms with Crippen molar-refractivity contribution < 1.29 is 4.52 Å². The van der Waals surface area contributed by atoms with Gasteiger partial charge in [-0.3, -0.25) is 4.98 Å². The lowest BCUT2D eigenvalue weighted by molar-refractivity contribution is 0.310. The van der Waals surface area contributed by atoms with E-state index in [2.05, 4.69) is 29.0 Å². The monoisotopic (exact) mass is 246 g/mol. The normalized spacial score (nSPS) is 14.4. The minimum atomic E-state index is -0.194. The van der Waals surface area contributed by atoms with Gasteiger partial charge in [-0.1, -0.05) is 31.5 Å². The van der Waals surface area contributed by atoms with Crippen LogP contribution in [0.4, 0.5) is 0 Å². The van der Waals surface area contributed by atoms with Crippen LogP contribution in [0.1, 0.15) is 43.7 Å². The third-order valence-corrected chi connectivity index (χ3v) is 3.09. The Morgan fingerprint density at radius 1 is 1.39 bits per heavy atom. The Hall–Kier alpha value is -1.75. The zero-order chi connectivity index (χ0) is 13.0. The molecule has 0 saturated heterocycles. The van der Waals surface area contributed by atoms with E-state index >= 15 is 0 Å². The molecule has 2 heterocycles. The summed E-state index contributed by atoms with van der Waals surface area (Å²) >= 11 is 0. The van der Waals surface area contributed by atoms with E-state index in [1.807, 2.05) is 18.2 Å². The number of aromatic nitrogens is 3. The highest BCUT2D eigenvalue weighted by Gasteiger charge is 2.20. The predicted octanol–water partition coefficient (Wildman–Crippen LogP) is 2.10. The topological polar surface area (TPSA) is 77.8 Å². The van der Waals surface area contributed by atoms with E-state index in [9.17, 15) is 0 Å². The van der Waals surface area contributed by atoms with Crippen LogP contribution in [-0.2, 0) is 6.42 Å². The van der Waals surface area contributed by atoms with Crippen molar-refractivity contribution in [1.29, 1.82) is 0 Å². The van der Waals surface area contributed by atoms with Crippen LogP contribution < -0.4 is 5.73 Å². The van der Waals surface area contributed by atoms with Gasteiger partial charge in [0.15, 0.2) is 5.82 Å². The highest BCUT2D eigenvalue weighted by atomic mass is 16.5. The molecule has 0 unspecified atom stereocenters. The molecule has 2 N–H and O–H groups in total. The number of nitrogens with two attached hydrogens (primary N) is 1. The summed E-state index contributed by atoms with van der Waals surface area (Å²) in [6.07, 6.45) is 3.30. The van der Waals surface area contributed by atoms with Crippen molar-refractivity contribution in [3.63, 3.8) is 0 Å². The smallest absolute Gasteiger partial charge is 0.243 e. The first-order chi connectivity index (χ1) is 8.70. The molecule has 0 radical (unpaired) electrons.